The number of aliphatic hydroxyl groups excluding tert-OH is 1. The zero-order valence-corrected chi connectivity index (χ0v) is 10.4. The zero-order chi connectivity index (χ0) is 12.1. The molecule has 0 saturated heterocycles. The molecule has 0 aliphatic heterocycles. The second-order valence-electron chi connectivity index (χ2n) is 3.52. The molecule has 0 bridgehead atoms. The summed E-state index contributed by atoms with van der Waals surface area (Å²) >= 11 is 3.16. The number of halogens is 1. The third-order valence-corrected chi connectivity index (χ3v) is 2.45. The van der Waals surface area contributed by atoms with Gasteiger partial charge in [0.1, 0.15) is 11.4 Å². The molecule has 0 aliphatic carbocycles. The number of aliphatic hydroxyl groups is 1. The fourth-order valence-electron chi connectivity index (χ4n) is 1.08. The number of hydrogen-bond acceptors (Lipinski definition) is 4. The Kier molecular flexibility index (Phi) is 4.70. The maximum absolute atomic E-state index is 10.9. The number of hydrogen-bond donors (Lipinski definition) is 3. The molecule has 0 aromatic carbocycles. The van der Waals surface area contributed by atoms with Crippen LogP contribution in [0.1, 0.15) is 17.3 Å². The number of anilines is 1. The van der Waals surface area contributed by atoms with Crippen LogP contribution in [0.15, 0.2) is 16.7 Å². The third-order valence-electron chi connectivity index (χ3n) is 2.01. The maximum atomic E-state index is 10.9. The number of carboxylic acids is 1. The fraction of sp³-hybridized carbons (Fsp3) is 0.400. The Labute approximate surface area is 102 Å². The molecule has 88 valence electrons. The Morgan fingerprint density at radius 1 is 1.69 bits per heavy atom. The van der Waals surface area contributed by atoms with Crippen molar-refractivity contribution in [1.82, 2.24) is 4.98 Å². The van der Waals surface area contributed by atoms with Gasteiger partial charge in [-0.15, -0.1) is 0 Å². The van der Waals surface area contributed by atoms with Crippen molar-refractivity contribution < 1.29 is 15.0 Å². The molecule has 1 atom stereocenters. The van der Waals surface area contributed by atoms with Crippen LogP contribution in [0.4, 0.5) is 5.82 Å². The molecule has 1 heterocycles. The summed E-state index contributed by atoms with van der Waals surface area (Å²) in [5.41, 5.74) is 0.111. The van der Waals surface area contributed by atoms with Gasteiger partial charge < -0.3 is 15.5 Å². The van der Waals surface area contributed by atoms with Gasteiger partial charge in [0.15, 0.2) is 0 Å². The fourth-order valence-corrected chi connectivity index (χ4v) is 1.41. The lowest BCUT2D eigenvalue weighted by atomic mass is 10.2. The highest BCUT2D eigenvalue weighted by molar-refractivity contribution is 9.10. The average molecular weight is 289 g/mol. The molecule has 0 aliphatic rings. The van der Waals surface area contributed by atoms with E-state index in [0.29, 0.717) is 16.8 Å². The van der Waals surface area contributed by atoms with Gasteiger partial charge in [0.25, 0.3) is 0 Å². The van der Waals surface area contributed by atoms with Crippen molar-refractivity contribution in [2.24, 2.45) is 5.92 Å². The van der Waals surface area contributed by atoms with Gasteiger partial charge in [-0.3, -0.25) is 0 Å². The van der Waals surface area contributed by atoms with E-state index < -0.39 is 5.97 Å². The zero-order valence-electron chi connectivity index (χ0n) is 8.77. The number of nitrogens with one attached hydrogen (secondary N) is 1. The Balaban J connectivity index is 2.82. The largest absolute Gasteiger partial charge is 0.478 e. The molecule has 0 spiro atoms. The van der Waals surface area contributed by atoms with E-state index in [0.717, 1.165) is 0 Å². The van der Waals surface area contributed by atoms with Gasteiger partial charge in [-0.25, -0.2) is 9.78 Å². The van der Waals surface area contributed by atoms with E-state index in [2.05, 4.69) is 26.2 Å². The quantitative estimate of drug-likeness (QED) is 0.766. The van der Waals surface area contributed by atoms with Crippen LogP contribution in [-0.2, 0) is 0 Å². The molecule has 0 radical (unpaired) electrons. The van der Waals surface area contributed by atoms with E-state index in [1.165, 1.54) is 12.3 Å². The Morgan fingerprint density at radius 3 is 2.94 bits per heavy atom. The molecule has 0 saturated carbocycles. The number of nitrogens with zero attached hydrogens (tertiary/aromatic N) is 1. The first-order chi connectivity index (χ1) is 7.54. The molecule has 16 heavy (non-hydrogen) atoms. The van der Waals surface area contributed by atoms with Crippen molar-refractivity contribution in [3.05, 3.63) is 22.3 Å². The predicted molar refractivity (Wildman–Crippen MR) is 63.6 cm³/mol. The van der Waals surface area contributed by atoms with Crippen molar-refractivity contribution >= 4 is 27.7 Å². The second kappa shape index (κ2) is 5.81. The van der Waals surface area contributed by atoms with Crippen molar-refractivity contribution in [2.45, 2.75) is 6.92 Å². The summed E-state index contributed by atoms with van der Waals surface area (Å²) in [6.07, 6.45) is 1.53. The molecule has 0 amide bonds. The Bertz CT molecular complexity index is 384. The van der Waals surface area contributed by atoms with Crippen molar-refractivity contribution in [1.29, 1.82) is 0 Å². The van der Waals surface area contributed by atoms with Crippen molar-refractivity contribution in [3.8, 4) is 0 Å². The van der Waals surface area contributed by atoms with E-state index in [1.54, 1.807) is 0 Å². The number of carbonyl (C=O) groups is 1. The van der Waals surface area contributed by atoms with Crippen LogP contribution in [0.3, 0.4) is 0 Å². The smallest absolute Gasteiger partial charge is 0.339 e. The van der Waals surface area contributed by atoms with Crippen molar-refractivity contribution in [2.75, 3.05) is 18.5 Å². The predicted octanol–water partition coefficient (Wildman–Crippen LogP) is 1.58. The highest BCUT2D eigenvalue weighted by Crippen LogP contribution is 2.18. The molecule has 5 nitrogen and oxygen atoms in total. The second-order valence-corrected chi connectivity index (χ2v) is 4.44. The van der Waals surface area contributed by atoms with Crippen molar-refractivity contribution in [3.63, 3.8) is 0 Å². The van der Waals surface area contributed by atoms with Crippen LogP contribution in [-0.4, -0.2) is 34.3 Å². The Morgan fingerprint density at radius 2 is 2.38 bits per heavy atom. The minimum atomic E-state index is -1.03. The maximum Gasteiger partial charge on any atom is 0.339 e. The van der Waals surface area contributed by atoms with Crippen LogP contribution in [0.2, 0.25) is 0 Å². The highest BCUT2D eigenvalue weighted by atomic mass is 79.9. The van der Waals surface area contributed by atoms with E-state index in [9.17, 15) is 4.79 Å². The molecule has 1 aromatic rings. The number of carboxylic acid groups (broad SMARTS) is 1. The lowest BCUT2D eigenvalue weighted by Crippen LogP contribution is -2.17. The SMILES string of the molecule is CC(CO)CNc1ncc(Br)cc1C(=O)O. The van der Waals surface area contributed by atoms with Gasteiger partial charge in [0.05, 0.1) is 0 Å². The number of rotatable bonds is 5. The number of pyridine rings is 1. The van der Waals surface area contributed by atoms with Crippen LogP contribution in [0.25, 0.3) is 0 Å². The highest BCUT2D eigenvalue weighted by Gasteiger charge is 2.12. The summed E-state index contributed by atoms with van der Waals surface area (Å²) in [6, 6.07) is 1.49. The molecule has 1 unspecified atom stereocenters. The van der Waals surface area contributed by atoms with Gasteiger partial charge >= 0.3 is 5.97 Å². The molecule has 0 fully saturated rings. The van der Waals surface area contributed by atoms with Gasteiger partial charge in [-0.05, 0) is 27.9 Å². The summed E-state index contributed by atoms with van der Waals surface area (Å²) in [5.74, 6) is -0.670. The number of aromatic nitrogens is 1. The van der Waals surface area contributed by atoms with E-state index in [4.69, 9.17) is 10.2 Å². The molecule has 6 heteroatoms. The topological polar surface area (TPSA) is 82.5 Å². The lowest BCUT2D eigenvalue weighted by Gasteiger charge is -2.12. The van der Waals surface area contributed by atoms with Crippen LogP contribution in [0.5, 0.6) is 0 Å². The summed E-state index contributed by atoms with van der Waals surface area (Å²) < 4.78 is 0.616. The van der Waals surface area contributed by atoms with E-state index in [-0.39, 0.29) is 18.1 Å². The standard InChI is InChI=1S/C10H13BrN2O3/c1-6(5-14)3-12-9-8(10(15)16)2-7(11)4-13-9/h2,4,6,14H,3,5H2,1H3,(H,12,13)(H,15,16). The first-order valence-electron chi connectivity index (χ1n) is 4.78. The summed E-state index contributed by atoms with van der Waals surface area (Å²) in [5, 5.41) is 20.7. The van der Waals surface area contributed by atoms with Gasteiger partial charge in [-0.2, -0.15) is 0 Å². The van der Waals surface area contributed by atoms with E-state index in [1.807, 2.05) is 6.92 Å². The van der Waals surface area contributed by atoms with Crippen LogP contribution >= 0.6 is 15.9 Å². The summed E-state index contributed by atoms with van der Waals surface area (Å²) in [4.78, 5) is 14.9. The van der Waals surface area contributed by atoms with Gasteiger partial charge in [0.2, 0.25) is 0 Å². The average Bonchev–Trinajstić information content (AvgIpc) is 2.26. The summed E-state index contributed by atoms with van der Waals surface area (Å²) in [6.45, 7) is 2.38. The third kappa shape index (κ3) is 3.46. The first-order valence-corrected chi connectivity index (χ1v) is 5.57. The van der Waals surface area contributed by atoms with Crippen LogP contribution < -0.4 is 5.32 Å². The monoisotopic (exact) mass is 288 g/mol. The van der Waals surface area contributed by atoms with Crippen LogP contribution in [0, 0.1) is 5.92 Å². The molecule has 1 aromatic heterocycles. The summed E-state index contributed by atoms with van der Waals surface area (Å²) in [7, 11) is 0. The minimum absolute atomic E-state index is 0.0476. The normalized spacial score (nSPS) is 12.2. The molecular formula is C10H13BrN2O3. The molecule has 1 rings (SSSR count). The molecular weight excluding hydrogens is 276 g/mol. The van der Waals surface area contributed by atoms with E-state index >= 15 is 0 Å². The minimum Gasteiger partial charge on any atom is -0.478 e. The number of aromatic carboxylic acids is 1. The Hall–Kier alpha value is -1.14. The lowest BCUT2D eigenvalue weighted by molar-refractivity contribution is 0.0697. The van der Waals surface area contributed by atoms with Gasteiger partial charge in [0, 0.05) is 23.8 Å². The molecule has 3 N–H and O–H groups in total. The first kappa shape index (κ1) is 12.9. The van der Waals surface area contributed by atoms with Gasteiger partial charge in [-0.1, -0.05) is 6.92 Å².